The maximum atomic E-state index is 13.2. The summed E-state index contributed by atoms with van der Waals surface area (Å²) < 4.78 is 18.1. The molecule has 0 unspecified atom stereocenters. The Kier molecular flexibility index (Phi) is 7.13. The number of benzene rings is 2. The van der Waals surface area contributed by atoms with Gasteiger partial charge in [0.1, 0.15) is 17.2 Å². The van der Waals surface area contributed by atoms with Crippen molar-refractivity contribution >= 4 is 29.3 Å². The second kappa shape index (κ2) is 10.8. The third kappa shape index (κ3) is 4.90. The van der Waals surface area contributed by atoms with Gasteiger partial charge < -0.3 is 24.1 Å². The fourth-order valence-electron chi connectivity index (χ4n) is 4.24. The van der Waals surface area contributed by atoms with E-state index >= 15 is 0 Å². The minimum Gasteiger partial charge on any atom is -0.494 e. The number of rotatable bonds is 9. The zero-order chi connectivity index (χ0) is 25.8. The third-order valence-corrected chi connectivity index (χ3v) is 6.90. The van der Waals surface area contributed by atoms with Crippen LogP contribution in [-0.4, -0.2) is 53.1 Å². The van der Waals surface area contributed by atoms with E-state index in [1.165, 1.54) is 18.0 Å². The zero-order valence-corrected chi connectivity index (χ0v) is 21.2. The minimum absolute atomic E-state index is 0.0239. The number of thioether (sulfide) groups is 1. The Morgan fingerprint density at radius 3 is 2.54 bits per heavy atom. The van der Waals surface area contributed by atoms with Crippen molar-refractivity contribution in [2.45, 2.75) is 18.1 Å². The number of hydrogen-bond acceptors (Lipinski definition) is 8. The lowest BCUT2D eigenvalue weighted by molar-refractivity contribution is -0.116. The number of hydrogen-bond donors (Lipinski definition) is 1. The lowest BCUT2D eigenvalue weighted by Crippen LogP contribution is -2.30. The number of furan rings is 1. The summed E-state index contributed by atoms with van der Waals surface area (Å²) >= 11 is 1.26. The molecule has 0 saturated carbocycles. The van der Waals surface area contributed by atoms with Crippen LogP contribution in [0.2, 0.25) is 0 Å². The summed E-state index contributed by atoms with van der Waals surface area (Å²) in [5, 5.41) is 11.9. The summed E-state index contributed by atoms with van der Waals surface area (Å²) in [5.74, 6) is 1.42. The van der Waals surface area contributed by atoms with Crippen molar-refractivity contribution in [3.8, 4) is 17.2 Å². The first-order valence-corrected chi connectivity index (χ1v) is 12.6. The molecule has 4 aromatic rings. The minimum atomic E-state index is -0.386. The average molecular weight is 520 g/mol. The lowest BCUT2D eigenvalue weighted by Gasteiger charge is -2.18. The number of anilines is 1. The van der Waals surface area contributed by atoms with E-state index in [-0.39, 0.29) is 29.9 Å². The van der Waals surface area contributed by atoms with E-state index < -0.39 is 0 Å². The molecule has 2 aromatic carbocycles. The summed E-state index contributed by atoms with van der Waals surface area (Å²) in [6, 6.07) is 16.5. The highest BCUT2D eigenvalue weighted by Gasteiger charge is 2.26. The number of carbonyl (C=O) groups excluding carboxylic acids is 2. The maximum Gasteiger partial charge on any atom is 0.287 e. The molecule has 0 aliphatic carbocycles. The van der Waals surface area contributed by atoms with E-state index in [0.717, 1.165) is 17.7 Å². The molecule has 2 aromatic heterocycles. The Labute approximate surface area is 217 Å². The first kappa shape index (κ1) is 24.4. The molecule has 10 nitrogen and oxygen atoms in total. The number of nitrogens with one attached hydrogen (secondary N) is 1. The van der Waals surface area contributed by atoms with Gasteiger partial charge in [-0.15, -0.1) is 10.2 Å². The van der Waals surface area contributed by atoms with Crippen molar-refractivity contribution < 1.29 is 23.5 Å². The van der Waals surface area contributed by atoms with Gasteiger partial charge in [-0.3, -0.25) is 14.2 Å². The number of para-hydroxylation sites is 2. The Morgan fingerprint density at radius 2 is 1.81 bits per heavy atom. The molecule has 0 spiro atoms. The summed E-state index contributed by atoms with van der Waals surface area (Å²) in [5.41, 5.74) is 2.68. The summed E-state index contributed by atoms with van der Waals surface area (Å²) in [4.78, 5) is 27.4. The summed E-state index contributed by atoms with van der Waals surface area (Å²) in [7, 11) is 3.12. The molecule has 37 heavy (non-hydrogen) atoms. The standard InChI is InChI=1S/C26H25N5O5S/c1-34-19-9-5-10-20(35-2)24(19)31-22(15-27-25(33)21-11-6-14-36-21)28-29-26(31)37-16-23(32)30-13-12-17-7-3-4-8-18(17)30/h3-11,14H,12-13,15-16H2,1-2H3,(H,27,33). The molecule has 1 aliphatic heterocycles. The van der Waals surface area contributed by atoms with Crippen molar-refractivity contribution in [3.63, 3.8) is 0 Å². The van der Waals surface area contributed by atoms with Crippen molar-refractivity contribution in [1.29, 1.82) is 0 Å². The highest BCUT2D eigenvalue weighted by molar-refractivity contribution is 7.99. The Bertz CT molecular complexity index is 1400. The van der Waals surface area contributed by atoms with E-state index in [4.69, 9.17) is 13.9 Å². The first-order chi connectivity index (χ1) is 18.1. The molecule has 0 saturated heterocycles. The van der Waals surface area contributed by atoms with E-state index in [1.807, 2.05) is 30.3 Å². The topological polar surface area (TPSA) is 112 Å². The Balaban J connectivity index is 1.43. The summed E-state index contributed by atoms with van der Waals surface area (Å²) in [6.45, 7) is 0.706. The van der Waals surface area contributed by atoms with E-state index in [1.54, 1.807) is 48.0 Å². The third-order valence-electron chi connectivity index (χ3n) is 5.99. The van der Waals surface area contributed by atoms with Gasteiger partial charge in [-0.25, -0.2) is 0 Å². The van der Waals surface area contributed by atoms with Gasteiger partial charge in [-0.2, -0.15) is 0 Å². The van der Waals surface area contributed by atoms with Crippen LogP contribution in [-0.2, 0) is 17.8 Å². The van der Waals surface area contributed by atoms with Crippen LogP contribution in [0, 0.1) is 0 Å². The molecule has 0 radical (unpaired) electrons. The number of aromatic nitrogens is 3. The van der Waals surface area contributed by atoms with Crippen LogP contribution in [0.5, 0.6) is 11.5 Å². The van der Waals surface area contributed by atoms with Crippen LogP contribution < -0.4 is 19.7 Å². The Morgan fingerprint density at radius 1 is 1.03 bits per heavy atom. The molecule has 3 heterocycles. The number of ether oxygens (including phenoxy) is 2. The van der Waals surface area contributed by atoms with Crippen LogP contribution in [0.1, 0.15) is 21.9 Å². The molecular formula is C26H25N5O5S. The number of carbonyl (C=O) groups is 2. The first-order valence-electron chi connectivity index (χ1n) is 11.6. The SMILES string of the molecule is COc1cccc(OC)c1-n1c(CNC(=O)c2ccco2)nnc1SCC(=O)N1CCc2ccccc21. The van der Waals surface area contributed by atoms with Crippen molar-refractivity contribution in [2.24, 2.45) is 0 Å². The number of nitrogens with zero attached hydrogens (tertiary/aromatic N) is 4. The zero-order valence-electron chi connectivity index (χ0n) is 20.3. The normalized spacial score (nSPS) is 12.3. The predicted octanol–water partition coefficient (Wildman–Crippen LogP) is 3.49. The van der Waals surface area contributed by atoms with Crippen molar-refractivity contribution in [1.82, 2.24) is 20.1 Å². The van der Waals surface area contributed by atoms with E-state index in [2.05, 4.69) is 15.5 Å². The largest absolute Gasteiger partial charge is 0.494 e. The van der Waals surface area contributed by atoms with Gasteiger partial charge in [0.2, 0.25) is 5.91 Å². The van der Waals surface area contributed by atoms with E-state index in [0.29, 0.717) is 34.7 Å². The number of fused-ring (bicyclic) bond motifs is 1. The molecule has 2 amide bonds. The highest BCUT2D eigenvalue weighted by Crippen LogP contribution is 2.36. The number of amides is 2. The predicted molar refractivity (Wildman–Crippen MR) is 138 cm³/mol. The van der Waals surface area contributed by atoms with Gasteiger partial charge in [0.05, 0.1) is 32.8 Å². The molecule has 0 bridgehead atoms. The van der Waals surface area contributed by atoms with Gasteiger partial charge in [-0.1, -0.05) is 36.0 Å². The van der Waals surface area contributed by atoms with Gasteiger partial charge in [0.25, 0.3) is 5.91 Å². The van der Waals surface area contributed by atoms with Crippen LogP contribution in [0.3, 0.4) is 0 Å². The smallest absolute Gasteiger partial charge is 0.287 e. The molecule has 0 atom stereocenters. The second-order valence-corrected chi connectivity index (χ2v) is 9.06. The van der Waals surface area contributed by atoms with Crippen molar-refractivity contribution in [3.05, 3.63) is 78.0 Å². The highest BCUT2D eigenvalue weighted by atomic mass is 32.2. The monoisotopic (exact) mass is 519 g/mol. The van der Waals surface area contributed by atoms with Crippen LogP contribution in [0.25, 0.3) is 5.69 Å². The maximum absolute atomic E-state index is 13.2. The molecule has 11 heteroatoms. The molecule has 1 aliphatic rings. The van der Waals surface area contributed by atoms with Crippen LogP contribution in [0.4, 0.5) is 5.69 Å². The van der Waals surface area contributed by atoms with Gasteiger partial charge in [0.15, 0.2) is 16.7 Å². The lowest BCUT2D eigenvalue weighted by atomic mass is 10.2. The molecular weight excluding hydrogens is 494 g/mol. The Hall–Kier alpha value is -4.25. The van der Waals surface area contributed by atoms with Gasteiger partial charge >= 0.3 is 0 Å². The van der Waals surface area contributed by atoms with Crippen molar-refractivity contribution in [2.75, 3.05) is 31.4 Å². The average Bonchev–Trinajstić information content (AvgIpc) is 3.69. The van der Waals surface area contributed by atoms with Crippen LogP contribution >= 0.6 is 11.8 Å². The molecule has 190 valence electrons. The van der Waals surface area contributed by atoms with Crippen LogP contribution in [0.15, 0.2) is 70.4 Å². The fraction of sp³-hybridized carbons (Fsp3) is 0.231. The molecule has 0 fully saturated rings. The quantitative estimate of drug-likeness (QED) is 0.335. The summed E-state index contributed by atoms with van der Waals surface area (Å²) in [6.07, 6.45) is 2.27. The second-order valence-electron chi connectivity index (χ2n) is 8.12. The van der Waals surface area contributed by atoms with E-state index in [9.17, 15) is 9.59 Å². The molecule has 1 N–H and O–H groups in total. The fourth-order valence-corrected chi connectivity index (χ4v) is 5.07. The van der Waals surface area contributed by atoms with Gasteiger partial charge in [0, 0.05) is 12.2 Å². The van der Waals surface area contributed by atoms with Gasteiger partial charge in [-0.05, 0) is 42.3 Å². The number of methoxy groups -OCH3 is 2. The molecule has 5 rings (SSSR count).